The minimum Gasteiger partial charge on any atom is -0.480 e. The molecule has 0 aliphatic rings. The number of nitrogens with two attached hydrogens (primary N) is 1. The van der Waals surface area contributed by atoms with E-state index >= 15 is 0 Å². The van der Waals surface area contributed by atoms with Crippen LogP contribution in [0.15, 0.2) is 0 Å². The van der Waals surface area contributed by atoms with E-state index in [1.807, 2.05) is 13.8 Å². The minimum atomic E-state index is -1.24. The molecule has 0 aliphatic heterocycles. The van der Waals surface area contributed by atoms with E-state index in [9.17, 15) is 33.6 Å². The lowest BCUT2D eigenvalue weighted by Gasteiger charge is -2.16. The Kier molecular flexibility index (Phi) is 14.3. The molecule has 15 nitrogen and oxygen atoms in total. The van der Waals surface area contributed by atoms with Gasteiger partial charge in [-0.05, 0) is 26.2 Å². The Balaban J connectivity index is 4.23. The van der Waals surface area contributed by atoms with E-state index in [1.165, 1.54) is 13.8 Å². The molecule has 0 unspecified atom stereocenters. The van der Waals surface area contributed by atoms with E-state index in [1.54, 1.807) is 0 Å². The van der Waals surface area contributed by atoms with Gasteiger partial charge in [0.1, 0.15) is 18.6 Å². The maximum absolute atomic E-state index is 12.0. The van der Waals surface area contributed by atoms with Gasteiger partial charge < -0.3 is 42.7 Å². The Bertz CT molecular complexity index is 802. The van der Waals surface area contributed by atoms with Crippen molar-refractivity contribution >= 4 is 41.4 Å². The molecule has 3 atom stereocenters. The Morgan fingerprint density at radius 3 is 1.49 bits per heavy atom. The lowest BCUT2D eigenvalue weighted by atomic mass is 10.0. The molecule has 0 saturated carbocycles. The summed E-state index contributed by atoms with van der Waals surface area (Å²) in [5, 5.41) is 22.1. The molecule has 0 rings (SSSR count). The maximum atomic E-state index is 12.0. The standard InChI is InChI=1S/C20H35N7O8/c1-10(2)5-13(21)20(35)24-8-16(30)27-11(3)18(33)23-6-14(28)22-7-15(29)26-12(4)19(34)25-9-17(31)32/h10-13H,5-9,21H2,1-4H3,(H,22,28)(H,23,33)(H,24,35)(H,25,34)(H,26,29)(H,27,30)(H,31,32)/t11-,12-,13-/m0/s1. The van der Waals surface area contributed by atoms with Crippen molar-refractivity contribution in [1.82, 2.24) is 31.9 Å². The van der Waals surface area contributed by atoms with Crippen LogP contribution in [0.3, 0.4) is 0 Å². The van der Waals surface area contributed by atoms with Crippen molar-refractivity contribution < 1.29 is 38.7 Å². The van der Waals surface area contributed by atoms with E-state index in [-0.39, 0.29) is 12.5 Å². The van der Waals surface area contributed by atoms with Crippen molar-refractivity contribution in [2.24, 2.45) is 11.7 Å². The van der Waals surface area contributed by atoms with Gasteiger partial charge in [0.15, 0.2) is 0 Å². The van der Waals surface area contributed by atoms with Gasteiger partial charge in [-0.1, -0.05) is 13.8 Å². The fourth-order valence-corrected chi connectivity index (χ4v) is 2.51. The topological polar surface area (TPSA) is 238 Å². The van der Waals surface area contributed by atoms with Gasteiger partial charge >= 0.3 is 5.97 Å². The number of carboxylic acid groups (broad SMARTS) is 1. The molecule has 0 bridgehead atoms. The summed E-state index contributed by atoms with van der Waals surface area (Å²) in [5.74, 6) is -4.95. The van der Waals surface area contributed by atoms with Crippen molar-refractivity contribution in [2.75, 3.05) is 26.2 Å². The predicted molar refractivity (Wildman–Crippen MR) is 122 cm³/mol. The molecule has 198 valence electrons. The molecule has 35 heavy (non-hydrogen) atoms. The lowest BCUT2D eigenvalue weighted by molar-refractivity contribution is -0.138. The fraction of sp³-hybridized carbons (Fsp3) is 0.650. The van der Waals surface area contributed by atoms with Crippen LogP contribution >= 0.6 is 0 Å². The third-order valence-electron chi connectivity index (χ3n) is 4.31. The minimum absolute atomic E-state index is 0.209. The van der Waals surface area contributed by atoms with Gasteiger partial charge in [0.05, 0.1) is 25.7 Å². The Labute approximate surface area is 202 Å². The molecule has 0 fully saturated rings. The number of hydrogen-bond donors (Lipinski definition) is 8. The van der Waals surface area contributed by atoms with Crippen LogP contribution in [0.4, 0.5) is 0 Å². The summed E-state index contributed by atoms with van der Waals surface area (Å²) in [6, 6.07) is -2.79. The molecule has 0 aromatic rings. The fourth-order valence-electron chi connectivity index (χ4n) is 2.51. The zero-order valence-corrected chi connectivity index (χ0v) is 20.2. The summed E-state index contributed by atoms with van der Waals surface area (Å²) in [7, 11) is 0. The SMILES string of the molecule is CC(C)C[C@H](N)C(=O)NCC(=O)N[C@@H](C)C(=O)NCC(=O)NCC(=O)N[C@@H](C)C(=O)NCC(=O)O. The second kappa shape index (κ2) is 16.0. The zero-order chi connectivity index (χ0) is 27.1. The van der Waals surface area contributed by atoms with Crippen molar-refractivity contribution in [2.45, 2.75) is 52.2 Å². The number of carboxylic acids is 1. The van der Waals surface area contributed by atoms with Crippen LogP contribution in [0.1, 0.15) is 34.1 Å². The smallest absolute Gasteiger partial charge is 0.322 e. The number of amides is 6. The highest BCUT2D eigenvalue weighted by atomic mass is 16.4. The molecular weight excluding hydrogens is 466 g/mol. The Morgan fingerprint density at radius 1 is 0.629 bits per heavy atom. The van der Waals surface area contributed by atoms with Crippen LogP contribution < -0.4 is 37.6 Å². The highest BCUT2D eigenvalue weighted by molar-refractivity contribution is 5.93. The molecule has 9 N–H and O–H groups in total. The normalized spacial score (nSPS) is 13.0. The second-order valence-electron chi connectivity index (χ2n) is 8.14. The monoisotopic (exact) mass is 501 g/mol. The van der Waals surface area contributed by atoms with Crippen molar-refractivity contribution in [3.8, 4) is 0 Å². The first kappa shape index (κ1) is 31.2. The average Bonchev–Trinajstić information content (AvgIpc) is 2.77. The van der Waals surface area contributed by atoms with Crippen molar-refractivity contribution in [3.63, 3.8) is 0 Å². The third-order valence-corrected chi connectivity index (χ3v) is 4.31. The van der Waals surface area contributed by atoms with Crippen LogP contribution in [0.25, 0.3) is 0 Å². The van der Waals surface area contributed by atoms with E-state index < -0.39 is 79.2 Å². The predicted octanol–water partition coefficient (Wildman–Crippen LogP) is -4.08. The molecule has 0 aliphatic carbocycles. The van der Waals surface area contributed by atoms with E-state index in [2.05, 4.69) is 31.9 Å². The highest BCUT2D eigenvalue weighted by Crippen LogP contribution is 2.02. The number of carbonyl (C=O) groups is 7. The Hall–Kier alpha value is -3.75. The number of aliphatic carboxylic acids is 1. The van der Waals surface area contributed by atoms with Gasteiger partial charge in [0.2, 0.25) is 35.4 Å². The first-order chi connectivity index (χ1) is 16.2. The summed E-state index contributed by atoms with van der Waals surface area (Å²) < 4.78 is 0. The van der Waals surface area contributed by atoms with Gasteiger partial charge in [-0.2, -0.15) is 0 Å². The second-order valence-corrected chi connectivity index (χ2v) is 8.14. The number of carbonyl (C=O) groups excluding carboxylic acids is 6. The van der Waals surface area contributed by atoms with Gasteiger partial charge in [-0.15, -0.1) is 0 Å². The van der Waals surface area contributed by atoms with Gasteiger partial charge in [-0.25, -0.2) is 0 Å². The molecule has 0 radical (unpaired) electrons. The van der Waals surface area contributed by atoms with Crippen LogP contribution in [0.2, 0.25) is 0 Å². The molecule has 0 spiro atoms. The molecule has 6 amide bonds. The molecule has 0 heterocycles. The summed E-state index contributed by atoms with van der Waals surface area (Å²) in [6.07, 6.45) is 0.455. The molecule has 0 saturated heterocycles. The summed E-state index contributed by atoms with van der Waals surface area (Å²) >= 11 is 0. The van der Waals surface area contributed by atoms with Crippen molar-refractivity contribution in [3.05, 3.63) is 0 Å². The molecule has 0 aromatic heterocycles. The van der Waals surface area contributed by atoms with E-state index in [4.69, 9.17) is 10.8 Å². The average molecular weight is 502 g/mol. The number of rotatable bonds is 15. The molecular formula is C20H35N7O8. The highest BCUT2D eigenvalue weighted by Gasteiger charge is 2.20. The lowest BCUT2D eigenvalue weighted by Crippen LogP contribution is -2.51. The van der Waals surface area contributed by atoms with Crippen LogP contribution in [0.5, 0.6) is 0 Å². The maximum Gasteiger partial charge on any atom is 0.322 e. The summed E-state index contributed by atoms with van der Waals surface area (Å²) in [5.41, 5.74) is 5.72. The number of hydrogen-bond acceptors (Lipinski definition) is 8. The molecule has 0 aromatic carbocycles. The Morgan fingerprint density at radius 2 is 1.03 bits per heavy atom. The van der Waals surface area contributed by atoms with E-state index in [0.29, 0.717) is 6.42 Å². The van der Waals surface area contributed by atoms with Gasteiger partial charge in [-0.3, -0.25) is 33.6 Å². The third kappa shape index (κ3) is 14.9. The van der Waals surface area contributed by atoms with Crippen LogP contribution in [0, 0.1) is 5.92 Å². The largest absolute Gasteiger partial charge is 0.480 e. The first-order valence-electron chi connectivity index (χ1n) is 10.9. The first-order valence-corrected chi connectivity index (χ1v) is 10.9. The van der Waals surface area contributed by atoms with Crippen molar-refractivity contribution in [1.29, 1.82) is 0 Å². The zero-order valence-electron chi connectivity index (χ0n) is 20.2. The van der Waals surface area contributed by atoms with Gasteiger partial charge in [0.25, 0.3) is 0 Å². The van der Waals surface area contributed by atoms with Crippen LogP contribution in [-0.2, 0) is 33.6 Å². The van der Waals surface area contributed by atoms with Crippen LogP contribution in [-0.4, -0.2) is 90.8 Å². The summed E-state index contributed by atoms with van der Waals surface area (Å²) in [4.78, 5) is 81.4. The quantitative estimate of drug-likeness (QED) is 0.109. The van der Waals surface area contributed by atoms with Gasteiger partial charge in [0, 0.05) is 0 Å². The number of nitrogens with one attached hydrogen (secondary N) is 6. The summed E-state index contributed by atoms with van der Waals surface area (Å²) in [6.45, 7) is 4.57. The van der Waals surface area contributed by atoms with E-state index in [0.717, 1.165) is 0 Å². The molecule has 15 heteroatoms.